The normalized spacial score (nSPS) is 14.4. The third-order valence-electron chi connectivity index (χ3n) is 5.44. The van der Waals surface area contributed by atoms with Crippen LogP contribution in [0.2, 0.25) is 0 Å². The van der Waals surface area contributed by atoms with E-state index in [-0.39, 0.29) is 5.91 Å². The van der Waals surface area contributed by atoms with Gasteiger partial charge in [0.1, 0.15) is 12.4 Å². The van der Waals surface area contributed by atoms with Crippen molar-refractivity contribution in [3.63, 3.8) is 0 Å². The fourth-order valence-electron chi connectivity index (χ4n) is 3.65. The minimum atomic E-state index is -0.0514. The Hall–Kier alpha value is -2.90. The zero-order valence-electron chi connectivity index (χ0n) is 17.8. The van der Waals surface area contributed by atoms with Crippen LogP contribution in [0.3, 0.4) is 0 Å². The molecular weight excluding hydrogens is 408 g/mol. The van der Waals surface area contributed by atoms with Gasteiger partial charge in [-0.2, -0.15) is 0 Å². The highest BCUT2D eigenvalue weighted by Gasteiger charge is 2.17. The number of hydrogen-bond donors (Lipinski definition) is 1. The summed E-state index contributed by atoms with van der Waals surface area (Å²) < 4.78 is 5.69. The molecule has 1 aliphatic rings. The third kappa shape index (κ3) is 6.06. The van der Waals surface area contributed by atoms with Crippen LogP contribution in [0, 0.1) is 6.92 Å². The Morgan fingerprint density at radius 2 is 1.94 bits per heavy atom. The molecule has 162 valence electrons. The summed E-state index contributed by atoms with van der Waals surface area (Å²) in [6.45, 7) is 8.12. The van der Waals surface area contributed by atoms with E-state index in [0.717, 1.165) is 44.2 Å². The highest BCUT2D eigenvalue weighted by molar-refractivity contribution is 7.07. The van der Waals surface area contributed by atoms with E-state index in [9.17, 15) is 4.79 Å². The zero-order valence-corrected chi connectivity index (χ0v) is 18.6. The van der Waals surface area contributed by atoms with Gasteiger partial charge in [-0.15, -0.1) is 11.3 Å². The van der Waals surface area contributed by atoms with Crippen LogP contribution in [0.5, 0.6) is 5.75 Å². The predicted molar refractivity (Wildman–Crippen MR) is 125 cm³/mol. The lowest BCUT2D eigenvalue weighted by Gasteiger charge is -2.36. The van der Waals surface area contributed by atoms with Gasteiger partial charge in [0.2, 0.25) is 0 Å². The molecule has 2 heterocycles. The molecule has 1 aliphatic heterocycles. The Morgan fingerprint density at radius 3 is 2.65 bits per heavy atom. The Kier molecular flexibility index (Phi) is 7.17. The number of carbonyl (C=O) groups excluding carboxylic acids is 1. The maximum absolute atomic E-state index is 12.4. The summed E-state index contributed by atoms with van der Waals surface area (Å²) in [6.07, 6.45) is 0. The van der Waals surface area contributed by atoms with Gasteiger partial charge in [-0.25, -0.2) is 4.98 Å². The maximum Gasteiger partial charge on any atom is 0.251 e. The van der Waals surface area contributed by atoms with Gasteiger partial charge in [0.25, 0.3) is 5.91 Å². The summed E-state index contributed by atoms with van der Waals surface area (Å²) in [5, 5.41) is 4.99. The molecule has 0 radical (unpaired) electrons. The average Bonchev–Trinajstić information content (AvgIpc) is 3.32. The molecule has 0 atom stereocenters. The first-order valence-corrected chi connectivity index (χ1v) is 11.5. The average molecular weight is 437 g/mol. The van der Waals surface area contributed by atoms with Gasteiger partial charge in [0, 0.05) is 55.9 Å². The molecular formula is C24H28N4O2S. The van der Waals surface area contributed by atoms with Crippen molar-refractivity contribution in [2.45, 2.75) is 13.5 Å². The highest BCUT2D eigenvalue weighted by Crippen LogP contribution is 2.18. The number of amides is 1. The number of ether oxygens (including phenoxy) is 1. The van der Waals surface area contributed by atoms with Gasteiger partial charge in [0.05, 0.1) is 11.2 Å². The summed E-state index contributed by atoms with van der Waals surface area (Å²) in [6, 6.07) is 15.9. The number of aryl methyl sites for hydroxylation is 1. The summed E-state index contributed by atoms with van der Waals surface area (Å²) in [4.78, 5) is 21.5. The van der Waals surface area contributed by atoms with Gasteiger partial charge < -0.3 is 15.0 Å². The van der Waals surface area contributed by atoms with Crippen LogP contribution in [0.1, 0.15) is 21.6 Å². The number of piperazine rings is 1. The lowest BCUT2D eigenvalue weighted by molar-refractivity contribution is 0.0947. The van der Waals surface area contributed by atoms with Gasteiger partial charge >= 0.3 is 0 Å². The second-order valence-electron chi connectivity index (χ2n) is 7.72. The Labute approximate surface area is 187 Å². The molecule has 31 heavy (non-hydrogen) atoms. The molecule has 0 unspecified atom stereocenters. The summed E-state index contributed by atoms with van der Waals surface area (Å²) in [5.74, 6) is 0.681. The maximum atomic E-state index is 12.4. The number of aromatic nitrogens is 1. The number of anilines is 1. The van der Waals surface area contributed by atoms with Crippen molar-refractivity contribution in [3.8, 4) is 5.75 Å². The van der Waals surface area contributed by atoms with Gasteiger partial charge in [-0.05, 0) is 48.9 Å². The molecule has 3 aromatic rings. The van der Waals surface area contributed by atoms with E-state index in [2.05, 4.69) is 51.3 Å². The van der Waals surface area contributed by atoms with Crippen molar-refractivity contribution in [3.05, 3.63) is 76.2 Å². The topological polar surface area (TPSA) is 57.7 Å². The van der Waals surface area contributed by atoms with Crippen LogP contribution in [0.25, 0.3) is 0 Å². The second kappa shape index (κ2) is 10.4. The number of hydrogen-bond acceptors (Lipinski definition) is 6. The quantitative estimate of drug-likeness (QED) is 0.585. The monoisotopic (exact) mass is 436 g/mol. The molecule has 2 aromatic carbocycles. The fraction of sp³-hybridized carbons (Fsp3) is 0.333. The molecule has 7 heteroatoms. The van der Waals surface area contributed by atoms with Crippen LogP contribution in [0.4, 0.5) is 5.69 Å². The number of rotatable bonds is 8. The lowest BCUT2D eigenvalue weighted by Crippen LogP contribution is -2.48. The number of nitrogens with one attached hydrogen (secondary N) is 1. The molecule has 6 nitrogen and oxygen atoms in total. The molecule has 1 saturated heterocycles. The molecule has 1 fully saturated rings. The van der Waals surface area contributed by atoms with Crippen LogP contribution >= 0.6 is 11.3 Å². The minimum Gasteiger partial charge on any atom is -0.487 e. The number of benzene rings is 2. The van der Waals surface area contributed by atoms with Gasteiger partial charge in [-0.3, -0.25) is 9.69 Å². The first-order valence-electron chi connectivity index (χ1n) is 10.6. The lowest BCUT2D eigenvalue weighted by atomic mass is 10.2. The molecule has 0 bridgehead atoms. The van der Waals surface area contributed by atoms with Crippen molar-refractivity contribution in [1.29, 1.82) is 0 Å². The van der Waals surface area contributed by atoms with E-state index in [4.69, 9.17) is 4.74 Å². The third-order valence-corrected chi connectivity index (χ3v) is 6.07. The van der Waals surface area contributed by atoms with Crippen molar-refractivity contribution >= 4 is 22.9 Å². The van der Waals surface area contributed by atoms with E-state index >= 15 is 0 Å². The Morgan fingerprint density at radius 1 is 1.13 bits per heavy atom. The summed E-state index contributed by atoms with van der Waals surface area (Å²) in [5.41, 5.74) is 5.93. The van der Waals surface area contributed by atoms with E-state index in [1.807, 2.05) is 17.5 Å². The molecule has 1 aromatic heterocycles. The Bertz CT molecular complexity index is 968. The molecule has 1 amide bonds. The summed E-state index contributed by atoms with van der Waals surface area (Å²) in [7, 11) is 0. The second-order valence-corrected chi connectivity index (χ2v) is 8.44. The Balaban J connectivity index is 1.16. The smallest absolute Gasteiger partial charge is 0.251 e. The van der Waals surface area contributed by atoms with Crippen molar-refractivity contribution in [2.75, 3.05) is 44.2 Å². The predicted octanol–water partition coefficient (Wildman–Crippen LogP) is 3.58. The molecule has 0 aliphatic carbocycles. The standard InChI is InChI=1S/C24H28N4O2S/c1-19-3-2-4-22(15-19)28-13-11-27(12-14-28)10-9-25-24(29)20-5-7-23(8-6-20)30-16-21-17-31-18-26-21/h2-8,15,17-18H,9-14,16H2,1H3,(H,25,29). The fourth-order valence-corrected chi connectivity index (χ4v) is 4.20. The van der Waals surface area contributed by atoms with E-state index in [1.54, 1.807) is 29.0 Å². The van der Waals surface area contributed by atoms with Crippen LogP contribution in [-0.2, 0) is 6.61 Å². The molecule has 4 rings (SSSR count). The van der Waals surface area contributed by atoms with E-state index in [0.29, 0.717) is 18.7 Å². The largest absolute Gasteiger partial charge is 0.487 e. The van der Waals surface area contributed by atoms with Crippen LogP contribution < -0.4 is 15.0 Å². The minimum absolute atomic E-state index is 0.0514. The van der Waals surface area contributed by atoms with Crippen LogP contribution in [0.15, 0.2) is 59.4 Å². The molecule has 0 spiro atoms. The van der Waals surface area contributed by atoms with Crippen molar-refractivity contribution < 1.29 is 9.53 Å². The molecule has 0 saturated carbocycles. The number of nitrogens with zero attached hydrogens (tertiary/aromatic N) is 3. The SMILES string of the molecule is Cc1cccc(N2CCN(CCNC(=O)c3ccc(OCc4cscn4)cc3)CC2)c1. The van der Waals surface area contributed by atoms with E-state index in [1.165, 1.54) is 11.3 Å². The van der Waals surface area contributed by atoms with Crippen molar-refractivity contribution in [1.82, 2.24) is 15.2 Å². The zero-order chi connectivity index (χ0) is 21.5. The van der Waals surface area contributed by atoms with Gasteiger partial charge in [0.15, 0.2) is 0 Å². The first-order chi connectivity index (χ1) is 15.2. The first kappa shape index (κ1) is 21.3. The van der Waals surface area contributed by atoms with Gasteiger partial charge in [-0.1, -0.05) is 12.1 Å². The highest BCUT2D eigenvalue weighted by atomic mass is 32.1. The van der Waals surface area contributed by atoms with E-state index < -0.39 is 0 Å². The summed E-state index contributed by atoms with van der Waals surface area (Å²) >= 11 is 1.55. The van der Waals surface area contributed by atoms with Crippen LogP contribution in [-0.4, -0.2) is 55.1 Å². The van der Waals surface area contributed by atoms with Crippen molar-refractivity contribution in [2.24, 2.45) is 0 Å². The number of thiazole rings is 1. The number of carbonyl (C=O) groups is 1. The molecule has 1 N–H and O–H groups in total.